The number of ether oxygens (including phenoxy) is 3. The van der Waals surface area contributed by atoms with Crippen LogP contribution in [0.4, 0.5) is 4.79 Å². The molecule has 0 aromatic heterocycles. The van der Waals surface area contributed by atoms with Crippen molar-refractivity contribution in [2.45, 2.75) is 102 Å². The van der Waals surface area contributed by atoms with Gasteiger partial charge in [0.15, 0.2) is 0 Å². The van der Waals surface area contributed by atoms with Gasteiger partial charge in [0, 0.05) is 19.4 Å². The number of amides is 4. The summed E-state index contributed by atoms with van der Waals surface area (Å²) in [4.78, 5) is 83.3. The first-order valence-corrected chi connectivity index (χ1v) is 20.8. The number of nitrogens with one attached hydrogen (secondary N) is 3. The molecule has 4 atom stereocenters. The second-order valence-corrected chi connectivity index (χ2v) is 16.0. The number of nitrogens with zero attached hydrogens (tertiary/aromatic N) is 1. The highest BCUT2D eigenvalue weighted by Gasteiger charge is 2.39. The minimum absolute atomic E-state index is 0.0642. The molecular weight excluding hydrogens is 777 g/mol. The summed E-state index contributed by atoms with van der Waals surface area (Å²) in [6.07, 6.45) is 1.28. The van der Waals surface area contributed by atoms with Crippen LogP contribution in [-0.4, -0.2) is 83.6 Å². The zero-order chi connectivity index (χ0) is 43.6. The zero-order valence-corrected chi connectivity index (χ0v) is 35.0. The Balaban J connectivity index is 1.32. The number of rotatable bonds is 19. The molecule has 1 fully saturated rings. The second kappa shape index (κ2) is 22.8. The first kappa shape index (κ1) is 45.6. The lowest BCUT2D eigenvalue weighted by Gasteiger charge is -2.30. The second-order valence-electron chi connectivity index (χ2n) is 16.0. The van der Waals surface area contributed by atoms with Crippen molar-refractivity contribution in [3.8, 4) is 0 Å². The maximum absolute atomic E-state index is 14.4. The van der Waals surface area contributed by atoms with Crippen LogP contribution in [0.3, 0.4) is 0 Å². The Morgan fingerprint density at radius 1 is 0.639 bits per heavy atom. The van der Waals surface area contributed by atoms with Crippen molar-refractivity contribution >= 4 is 35.8 Å². The Kier molecular flexibility index (Phi) is 17.0. The number of unbranched alkanes of at least 4 members (excludes halogenated alkanes) is 1. The molecule has 0 aliphatic carbocycles. The number of hydrogen-bond donors (Lipinski definition) is 3. The van der Waals surface area contributed by atoms with E-state index < -0.39 is 65.5 Å². The quantitative estimate of drug-likeness (QED) is 0.0575. The van der Waals surface area contributed by atoms with E-state index in [0.29, 0.717) is 37.8 Å². The first-order valence-electron chi connectivity index (χ1n) is 20.8. The fraction of sp³-hybridized carbons (Fsp3) is 0.375. The third-order valence-corrected chi connectivity index (χ3v) is 9.98. The molecule has 322 valence electrons. The molecule has 1 heterocycles. The van der Waals surface area contributed by atoms with Gasteiger partial charge in [-0.2, -0.15) is 0 Å². The molecule has 0 radical (unpaired) electrons. The van der Waals surface area contributed by atoms with E-state index in [2.05, 4.69) is 16.0 Å². The molecule has 0 bridgehead atoms. The number of benzene rings is 4. The minimum Gasteiger partial charge on any atom is -0.462 e. The van der Waals surface area contributed by atoms with Crippen LogP contribution in [0.2, 0.25) is 0 Å². The summed E-state index contributed by atoms with van der Waals surface area (Å²) in [5.41, 5.74) is 1.92. The highest BCUT2D eigenvalue weighted by Crippen LogP contribution is 2.22. The number of hydrogen-bond acceptors (Lipinski definition) is 9. The maximum atomic E-state index is 14.4. The molecule has 1 aliphatic heterocycles. The molecule has 1 saturated heterocycles. The van der Waals surface area contributed by atoms with E-state index in [4.69, 9.17) is 14.2 Å². The molecule has 13 nitrogen and oxygen atoms in total. The number of alkyl carbamates (subject to hydrolysis) is 1. The first-order chi connectivity index (χ1) is 29.4. The standard InChI is InChI=1S/C48H56N4O9/c1-48(2,3)61-47(58)51-38(27-16-17-30-59-45(56)37-25-14-7-15-26-37)42(53)49-39(31-34-19-8-4-9-20-34)43(54)50-40(32-35-21-10-5-11-22-35)44(55)52-29-18-28-41(52)46(57)60-33-36-23-12-6-13-24-36/h4-15,19-26,38-41H,16-18,27-33H2,1-3H3,(H,49,53)(H,50,54)(H,51,58)/t38-,39-,40-,41+/m0/s1. The van der Waals surface area contributed by atoms with Crippen LogP contribution in [0.25, 0.3) is 0 Å². The van der Waals surface area contributed by atoms with E-state index in [-0.39, 0.29) is 32.5 Å². The van der Waals surface area contributed by atoms with Crippen LogP contribution in [0.5, 0.6) is 0 Å². The van der Waals surface area contributed by atoms with E-state index in [9.17, 15) is 28.8 Å². The van der Waals surface area contributed by atoms with E-state index >= 15 is 0 Å². The highest BCUT2D eigenvalue weighted by molar-refractivity contribution is 5.95. The van der Waals surface area contributed by atoms with Crippen LogP contribution >= 0.6 is 0 Å². The fourth-order valence-corrected chi connectivity index (χ4v) is 6.95. The highest BCUT2D eigenvalue weighted by atomic mass is 16.6. The van der Waals surface area contributed by atoms with Crippen molar-refractivity contribution in [3.63, 3.8) is 0 Å². The van der Waals surface area contributed by atoms with Gasteiger partial charge in [-0.15, -0.1) is 0 Å². The summed E-state index contributed by atoms with van der Waals surface area (Å²) in [6.45, 7) is 5.57. The van der Waals surface area contributed by atoms with Crippen molar-refractivity contribution in [1.29, 1.82) is 0 Å². The lowest BCUT2D eigenvalue weighted by molar-refractivity contribution is -0.155. The van der Waals surface area contributed by atoms with Crippen molar-refractivity contribution in [3.05, 3.63) is 144 Å². The maximum Gasteiger partial charge on any atom is 0.408 e. The predicted octanol–water partition coefficient (Wildman–Crippen LogP) is 6.10. The molecule has 13 heteroatoms. The number of likely N-dealkylation sites (tertiary alicyclic amines) is 1. The lowest BCUT2D eigenvalue weighted by atomic mass is 10.0. The van der Waals surface area contributed by atoms with E-state index in [1.54, 1.807) is 51.1 Å². The molecule has 61 heavy (non-hydrogen) atoms. The Morgan fingerprint density at radius 2 is 1.16 bits per heavy atom. The third-order valence-electron chi connectivity index (χ3n) is 9.98. The zero-order valence-electron chi connectivity index (χ0n) is 35.0. The normalized spacial score (nSPS) is 15.1. The van der Waals surface area contributed by atoms with Gasteiger partial charge in [0.2, 0.25) is 17.7 Å². The molecule has 0 spiro atoms. The minimum atomic E-state index is -1.18. The fourth-order valence-electron chi connectivity index (χ4n) is 6.95. The molecule has 1 aliphatic rings. The van der Waals surface area contributed by atoms with Crippen molar-refractivity contribution < 1.29 is 43.0 Å². The molecule has 0 unspecified atom stereocenters. The Labute approximate surface area is 357 Å². The van der Waals surface area contributed by atoms with E-state index in [0.717, 1.165) is 16.7 Å². The SMILES string of the molecule is CC(C)(C)OC(=O)N[C@@H](CCCCOC(=O)c1ccccc1)C(=O)N[C@@H](Cc1ccccc1)C(=O)N[C@@H](Cc1ccccc1)C(=O)N1CCC[C@@H]1C(=O)OCc1ccccc1. The Bertz CT molecular complexity index is 2040. The Morgan fingerprint density at radius 3 is 1.75 bits per heavy atom. The predicted molar refractivity (Wildman–Crippen MR) is 229 cm³/mol. The van der Waals surface area contributed by atoms with Gasteiger partial charge in [-0.3, -0.25) is 14.4 Å². The van der Waals surface area contributed by atoms with E-state index in [1.807, 2.05) is 91.0 Å². The largest absolute Gasteiger partial charge is 0.462 e. The summed E-state index contributed by atoms with van der Waals surface area (Å²) >= 11 is 0. The monoisotopic (exact) mass is 832 g/mol. The summed E-state index contributed by atoms with van der Waals surface area (Å²) in [7, 11) is 0. The molecule has 4 amide bonds. The lowest BCUT2D eigenvalue weighted by Crippen LogP contribution is -2.59. The Hall–Kier alpha value is -6.50. The average molecular weight is 833 g/mol. The molecule has 4 aromatic carbocycles. The van der Waals surface area contributed by atoms with Gasteiger partial charge in [0.25, 0.3) is 0 Å². The number of esters is 2. The topological polar surface area (TPSA) is 169 Å². The van der Waals surface area contributed by atoms with Crippen molar-refractivity contribution in [2.75, 3.05) is 13.2 Å². The van der Waals surface area contributed by atoms with Crippen molar-refractivity contribution in [2.24, 2.45) is 0 Å². The van der Waals surface area contributed by atoms with Crippen LogP contribution in [0, 0.1) is 0 Å². The van der Waals surface area contributed by atoms with Crippen LogP contribution < -0.4 is 16.0 Å². The van der Waals surface area contributed by atoms with Gasteiger partial charge in [-0.05, 0) is 81.7 Å². The van der Waals surface area contributed by atoms with Gasteiger partial charge < -0.3 is 35.1 Å². The summed E-state index contributed by atoms with van der Waals surface area (Å²) in [5.74, 6) is -2.71. The van der Waals surface area contributed by atoms with Crippen LogP contribution in [0.1, 0.15) is 79.9 Å². The van der Waals surface area contributed by atoms with Crippen molar-refractivity contribution in [1.82, 2.24) is 20.9 Å². The average Bonchev–Trinajstić information content (AvgIpc) is 3.75. The van der Waals surface area contributed by atoms with Gasteiger partial charge in [-0.25, -0.2) is 14.4 Å². The molecule has 3 N–H and O–H groups in total. The molecule has 4 aromatic rings. The number of carbonyl (C=O) groups excluding carboxylic acids is 6. The van der Waals surface area contributed by atoms with Crippen LogP contribution in [0.15, 0.2) is 121 Å². The van der Waals surface area contributed by atoms with E-state index in [1.165, 1.54) is 4.90 Å². The van der Waals surface area contributed by atoms with Gasteiger partial charge in [-0.1, -0.05) is 109 Å². The summed E-state index contributed by atoms with van der Waals surface area (Å²) < 4.78 is 16.5. The van der Waals surface area contributed by atoms with Gasteiger partial charge in [0.05, 0.1) is 12.2 Å². The third kappa shape index (κ3) is 14.9. The molecule has 0 saturated carbocycles. The van der Waals surface area contributed by atoms with Gasteiger partial charge in [0.1, 0.15) is 36.4 Å². The summed E-state index contributed by atoms with van der Waals surface area (Å²) in [5, 5.41) is 8.42. The smallest absolute Gasteiger partial charge is 0.408 e. The van der Waals surface area contributed by atoms with Crippen LogP contribution in [-0.2, 0) is 52.8 Å². The summed E-state index contributed by atoms with van der Waals surface area (Å²) in [6, 6.07) is 32.0. The number of carbonyl (C=O) groups is 6. The van der Waals surface area contributed by atoms with Gasteiger partial charge >= 0.3 is 18.0 Å². The molecular formula is C48H56N4O9. The molecule has 5 rings (SSSR count).